The summed E-state index contributed by atoms with van der Waals surface area (Å²) < 4.78 is 0. The van der Waals surface area contributed by atoms with Crippen LogP contribution in [0.3, 0.4) is 0 Å². The number of carbonyl (C=O) groups excluding carboxylic acids is 1. The zero-order chi connectivity index (χ0) is 46.7. The van der Waals surface area contributed by atoms with Crippen LogP contribution in [0.25, 0.3) is 0 Å². The van der Waals surface area contributed by atoms with Gasteiger partial charge in [-0.2, -0.15) is 0 Å². The summed E-state index contributed by atoms with van der Waals surface area (Å²) >= 11 is 0. The molecule has 378 valence electrons. The average Bonchev–Trinajstić information content (AvgIpc) is 3.30. The van der Waals surface area contributed by atoms with E-state index in [0.29, 0.717) is 19.3 Å². The van der Waals surface area contributed by atoms with Crippen molar-refractivity contribution in [3.05, 3.63) is 36.5 Å². The van der Waals surface area contributed by atoms with E-state index in [0.717, 1.165) is 38.5 Å². The molecule has 6 heteroatoms. The van der Waals surface area contributed by atoms with Crippen LogP contribution in [0.4, 0.5) is 0 Å². The third-order valence-corrected chi connectivity index (χ3v) is 13.3. The predicted molar refractivity (Wildman–Crippen MR) is 279 cm³/mol. The molecule has 0 bridgehead atoms. The van der Waals surface area contributed by atoms with Gasteiger partial charge in [-0.05, 0) is 77.0 Å². The van der Waals surface area contributed by atoms with E-state index in [9.17, 15) is 25.2 Å². The maximum absolute atomic E-state index is 12.6. The van der Waals surface area contributed by atoms with Crippen molar-refractivity contribution >= 4 is 5.91 Å². The molecule has 0 saturated carbocycles. The van der Waals surface area contributed by atoms with Crippen molar-refractivity contribution in [1.82, 2.24) is 5.32 Å². The normalized spacial score (nSPS) is 14.0. The minimum Gasteiger partial charge on any atom is -0.394 e. The van der Waals surface area contributed by atoms with Gasteiger partial charge in [-0.15, -0.1) is 0 Å². The van der Waals surface area contributed by atoms with Crippen LogP contribution in [0.2, 0.25) is 0 Å². The Kier molecular flexibility index (Phi) is 51.3. The first-order valence-electron chi connectivity index (χ1n) is 28.4. The summed E-state index contributed by atoms with van der Waals surface area (Å²) in [6, 6.07) is -1.01. The number of carbonyl (C=O) groups is 1. The molecule has 0 rings (SSSR count). The van der Waals surface area contributed by atoms with Crippen LogP contribution in [-0.2, 0) is 4.79 Å². The SMILES string of the molecule is CCCCCCCCCC/C=C/CC/C=C/CCCC(O)C(O)C(CO)NC(=O)C(O)CCCCCCCCCCCCCCCCC/C=C\CCCCCCCCCCCCCC. The van der Waals surface area contributed by atoms with Gasteiger partial charge in [0.05, 0.1) is 18.8 Å². The van der Waals surface area contributed by atoms with Crippen LogP contribution >= 0.6 is 0 Å². The molecule has 6 nitrogen and oxygen atoms in total. The number of allylic oxidation sites excluding steroid dienone is 6. The highest BCUT2D eigenvalue weighted by molar-refractivity contribution is 5.80. The Morgan fingerprint density at radius 3 is 0.984 bits per heavy atom. The Hall–Kier alpha value is -1.47. The van der Waals surface area contributed by atoms with E-state index >= 15 is 0 Å². The maximum Gasteiger partial charge on any atom is 0.249 e. The number of nitrogens with one attached hydrogen (secondary N) is 1. The van der Waals surface area contributed by atoms with Gasteiger partial charge >= 0.3 is 0 Å². The molecular formula is C58H111NO5. The van der Waals surface area contributed by atoms with E-state index < -0.39 is 36.9 Å². The average molecular weight is 903 g/mol. The lowest BCUT2D eigenvalue weighted by Crippen LogP contribution is -2.53. The third-order valence-electron chi connectivity index (χ3n) is 13.3. The molecule has 4 unspecified atom stereocenters. The van der Waals surface area contributed by atoms with Crippen molar-refractivity contribution in [2.45, 2.75) is 321 Å². The Morgan fingerprint density at radius 2 is 0.656 bits per heavy atom. The predicted octanol–water partition coefficient (Wildman–Crippen LogP) is 16.4. The summed E-state index contributed by atoms with van der Waals surface area (Å²) in [4.78, 5) is 12.6. The van der Waals surface area contributed by atoms with E-state index in [4.69, 9.17) is 0 Å². The van der Waals surface area contributed by atoms with E-state index in [1.165, 1.54) is 225 Å². The minimum absolute atomic E-state index is 0.362. The second-order valence-corrected chi connectivity index (χ2v) is 19.6. The van der Waals surface area contributed by atoms with Gasteiger partial charge in [0.1, 0.15) is 12.2 Å². The summed E-state index contributed by atoms with van der Waals surface area (Å²) in [5, 5.41) is 43.9. The largest absolute Gasteiger partial charge is 0.394 e. The molecule has 0 aliphatic heterocycles. The fourth-order valence-electron chi connectivity index (χ4n) is 8.83. The van der Waals surface area contributed by atoms with E-state index in [1.54, 1.807) is 0 Å². The zero-order valence-corrected chi connectivity index (χ0v) is 42.8. The zero-order valence-electron chi connectivity index (χ0n) is 42.8. The quantitative estimate of drug-likeness (QED) is 0.0309. The van der Waals surface area contributed by atoms with Crippen LogP contribution in [0.5, 0.6) is 0 Å². The number of hydrogen-bond donors (Lipinski definition) is 5. The topological polar surface area (TPSA) is 110 Å². The Morgan fingerprint density at radius 1 is 0.375 bits per heavy atom. The van der Waals surface area contributed by atoms with Gasteiger partial charge in [0.25, 0.3) is 0 Å². The lowest BCUT2D eigenvalue weighted by molar-refractivity contribution is -0.132. The second kappa shape index (κ2) is 52.5. The molecule has 0 saturated heterocycles. The summed E-state index contributed by atoms with van der Waals surface area (Å²) in [5.41, 5.74) is 0. The molecule has 0 radical (unpaired) electrons. The summed E-state index contributed by atoms with van der Waals surface area (Å²) in [6.07, 6.45) is 65.1. The highest BCUT2D eigenvalue weighted by Gasteiger charge is 2.28. The van der Waals surface area contributed by atoms with Crippen molar-refractivity contribution in [3.8, 4) is 0 Å². The number of unbranched alkanes of at least 4 members (excludes halogenated alkanes) is 37. The molecule has 64 heavy (non-hydrogen) atoms. The molecule has 4 atom stereocenters. The molecule has 5 N–H and O–H groups in total. The summed E-state index contributed by atoms with van der Waals surface area (Å²) in [6.45, 7) is 4.06. The molecule has 0 aliphatic rings. The number of amides is 1. The first-order chi connectivity index (χ1) is 31.5. The van der Waals surface area contributed by atoms with E-state index in [-0.39, 0.29) is 0 Å². The fourth-order valence-corrected chi connectivity index (χ4v) is 8.83. The fraction of sp³-hybridized carbons (Fsp3) is 0.879. The number of aliphatic hydroxyl groups is 4. The van der Waals surface area contributed by atoms with E-state index in [2.05, 4.69) is 55.6 Å². The Bertz CT molecular complexity index is 1010. The third kappa shape index (κ3) is 45.7. The van der Waals surface area contributed by atoms with Gasteiger partial charge in [-0.3, -0.25) is 4.79 Å². The van der Waals surface area contributed by atoms with Crippen molar-refractivity contribution in [2.75, 3.05) is 6.61 Å². The van der Waals surface area contributed by atoms with Crippen molar-refractivity contribution < 1.29 is 25.2 Å². The molecule has 1 amide bonds. The standard InChI is InChI=1S/C58H111NO5/c1-3-5-7-9-11-13-15-17-19-21-22-23-24-25-26-27-28-29-30-31-32-33-34-36-38-40-42-44-46-48-50-52-56(62)58(64)59-54(53-60)57(63)55(61)51-49-47-45-43-41-39-37-35-20-18-16-14-12-10-8-6-4-2/h25-26,35,37,43,45,54-57,60-63H,3-24,27-34,36,38-42,44,46-53H2,1-2H3,(H,59,64)/b26-25-,37-35+,45-43+. The second-order valence-electron chi connectivity index (χ2n) is 19.6. The van der Waals surface area contributed by atoms with Crippen LogP contribution < -0.4 is 5.32 Å². The molecular weight excluding hydrogens is 791 g/mol. The van der Waals surface area contributed by atoms with Crippen LogP contribution in [0.1, 0.15) is 296 Å². The number of hydrogen-bond acceptors (Lipinski definition) is 5. The van der Waals surface area contributed by atoms with Gasteiger partial charge < -0.3 is 25.7 Å². The molecule has 0 aromatic heterocycles. The Balaban J connectivity index is 3.62. The Labute approximate surface area is 398 Å². The first kappa shape index (κ1) is 62.5. The smallest absolute Gasteiger partial charge is 0.249 e. The van der Waals surface area contributed by atoms with Gasteiger partial charge in [0.15, 0.2) is 0 Å². The van der Waals surface area contributed by atoms with Gasteiger partial charge in [-0.1, -0.05) is 256 Å². The minimum atomic E-state index is -1.29. The van der Waals surface area contributed by atoms with Crippen molar-refractivity contribution in [1.29, 1.82) is 0 Å². The van der Waals surface area contributed by atoms with E-state index in [1.807, 2.05) is 0 Å². The molecule has 0 spiro atoms. The molecule has 0 aromatic rings. The maximum atomic E-state index is 12.6. The van der Waals surface area contributed by atoms with Crippen molar-refractivity contribution in [2.24, 2.45) is 0 Å². The lowest BCUT2D eigenvalue weighted by atomic mass is 10.00. The lowest BCUT2D eigenvalue weighted by Gasteiger charge is -2.27. The van der Waals surface area contributed by atoms with Crippen molar-refractivity contribution in [3.63, 3.8) is 0 Å². The van der Waals surface area contributed by atoms with Gasteiger partial charge in [0, 0.05) is 0 Å². The molecule has 0 aliphatic carbocycles. The first-order valence-corrected chi connectivity index (χ1v) is 28.4. The number of aliphatic hydroxyl groups excluding tert-OH is 4. The summed E-state index contributed by atoms with van der Waals surface area (Å²) in [5.74, 6) is -0.594. The highest BCUT2D eigenvalue weighted by Crippen LogP contribution is 2.17. The molecule has 0 aromatic carbocycles. The van der Waals surface area contributed by atoms with Gasteiger partial charge in [-0.25, -0.2) is 0 Å². The number of rotatable bonds is 52. The summed E-state index contributed by atoms with van der Waals surface area (Å²) in [7, 11) is 0. The molecule has 0 heterocycles. The van der Waals surface area contributed by atoms with Gasteiger partial charge in [0.2, 0.25) is 5.91 Å². The monoisotopic (exact) mass is 902 g/mol. The van der Waals surface area contributed by atoms with Crippen LogP contribution in [0, 0.1) is 0 Å². The van der Waals surface area contributed by atoms with Crippen LogP contribution in [0.15, 0.2) is 36.5 Å². The molecule has 0 fully saturated rings. The highest BCUT2D eigenvalue weighted by atomic mass is 16.3. The van der Waals surface area contributed by atoms with Crippen LogP contribution in [-0.4, -0.2) is 57.3 Å².